The molecule has 1 saturated heterocycles. The third-order valence-corrected chi connectivity index (χ3v) is 6.74. The van der Waals surface area contributed by atoms with Crippen molar-refractivity contribution < 1.29 is 9.59 Å². The van der Waals surface area contributed by atoms with E-state index in [1.807, 2.05) is 12.1 Å². The normalized spacial score (nSPS) is 24.3. The zero-order valence-corrected chi connectivity index (χ0v) is 16.3. The highest BCUT2D eigenvalue weighted by Gasteiger charge is 2.38. The first-order chi connectivity index (χ1) is 13.1. The Hall–Kier alpha value is -2.14. The molecule has 4 rings (SSSR count). The van der Waals surface area contributed by atoms with Gasteiger partial charge in [-0.3, -0.25) is 9.59 Å². The fourth-order valence-electron chi connectivity index (χ4n) is 4.45. The number of nitrogens with one attached hydrogen (secondary N) is 2. The first kappa shape index (κ1) is 18.2. The van der Waals surface area contributed by atoms with Crippen LogP contribution in [0.2, 0.25) is 0 Å². The predicted octanol–water partition coefficient (Wildman–Crippen LogP) is 3.91. The van der Waals surface area contributed by atoms with Gasteiger partial charge in [-0.1, -0.05) is 30.3 Å². The average molecular weight is 383 g/mol. The smallest absolute Gasteiger partial charge is 0.220 e. The molecule has 1 aliphatic heterocycles. The van der Waals surface area contributed by atoms with Crippen molar-refractivity contribution in [3.05, 3.63) is 57.8 Å². The minimum absolute atomic E-state index is 0.0865. The number of fused-ring (bicyclic) bond motifs is 1. The molecule has 0 saturated carbocycles. The van der Waals surface area contributed by atoms with Crippen LogP contribution in [0.25, 0.3) is 0 Å². The molecule has 0 spiro atoms. The van der Waals surface area contributed by atoms with Crippen LogP contribution in [-0.2, 0) is 22.4 Å². The van der Waals surface area contributed by atoms with Gasteiger partial charge in [0.15, 0.2) is 0 Å². The van der Waals surface area contributed by atoms with Crippen LogP contribution in [0.1, 0.15) is 60.6 Å². The third kappa shape index (κ3) is 4.24. The summed E-state index contributed by atoms with van der Waals surface area (Å²) in [5, 5.41) is 8.47. The fraction of sp³-hybridized carbons (Fsp3) is 0.455. The van der Waals surface area contributed by atoms with Crippen molar-refractivity contribution in [2.45, 2.75) is 62.9 Å². The zero-order chi connectivity index (χ0) is 18.7. The molecule has 2 aliphatic rings. The van der Waals surface area contributed by atoms with Crippen molar-refractivity contribution in [3.63, 3.8) is 0 Å². The summed E-state index contributed by atoms with van der Waals surface area (Å²) in [5.41, 5.74) is 2.34. The lowest BCUT2D eigenvalue weighted by atomic mass is 9.86. The Bertz CT molecular complexity index is 817. The zero-order valence-electron chi connectivity index (χ0n) is 15.5. The topological polar surface area (TPSA) is 58.2 Å². The number of benzene rings is 1. The van der Waals surface area contributed by atoms with Crippen molar-refractivity contribution in [1.29, 1.82) is 0 Å². The fourth-order valence-corrected chi connectivity index (χ4v) is 5.30. The predicted molar refractivity (Wildman–Crippen MR) is 108 cm³/mol. The summed E-state index contributed by atoms with van der Waals surface area (Å²) in [5.74, 6) is 0.191. The van der Waals surface area contributed by atoms with Crippen LogP contribution in [0.5, 0.6) is 0 Å². The summed E-state index contributed by atoms with van der Waals surface area (Å²) in [4.78, 5) is 25.8. The molecule has 5 heteroatoms. The van der Waals surface area contributed by atoms with Gasteiger partial charge in [0.05, 0.1) is 6.04 Å². The van der Waals surface area contributed by atoms with E-state index in [1.165, 1.54) is 16.0 Å². The van der Waals surface area contributed by atoms with Crippen molar-refractivity contribution in [2.24, 2.45) is 0 Å². The Morgan fingerprint density at radius 2 is 2.11 bits per heavy atom. The van der Waals surface area contributed by atoms with E-state index >= 15 is 0 Å². The van der Waals surface area contributed by atoms with E-state index in [4.69, 9.17) is 0 Å². The highest BCUT2D eigenvalue weighted by atomic mass is 32.1. The second-order valence-electron chi connectivity index (χ2n) is 7.80. The summed E-state index contributed by atoms with van der Waals surface area (Å²) in [6.45, 7) is 0. The molecule has 0 radical (unpaired) electrons. The quantitative estimate of drug-likeness (QED) is 0.796. The molecule has 1 aromatic carbocycles. The van der Waals surface area contributed by atoms with Gasteiger partial charge in [0.25, 0.3) is 0 Å². The van der Waals surface area contributed by atoms with Gasteiger partial charge in [0, 0.05) is 29.7 Å². The first-order valence-corrected chi connectivity index (χ1v) is 10.7. The lowest BCUT2D eigenvalue weighted by Gasteiger charge is -2.30. The maximum Gasteiger partial charge on any atom is 0.220 e. The highest BCUT2D eigenvalue weighted by molar-refractivity contribution is 7.09. The van der Waals surface area contributed by atoms with Gasteiger partial charge in [-0.05, 0) is 54.7 Å². The van der Waals surface area contributed by atoms with E-state index in [-0.39, 0.29) is 23.4 Å². The largest absolute Gasteiger partial charge is 0.350 e. The van der Waals surface area contributed by atoms with E-state index in [9.17, 15) is 9.59 Å². The molecule has 2 unspecified atom stereocenters. The average Bonchev–Trinajstić information content (AvgIpc) is 3.31. The van der Waals surface area contributed by atoms with Crippen molar-refractivity contribution in [3.8, 4) is 0 Å². The second kappa shape index (κ2) is 7.85. The molecule has 2 atom stereocenters. The molecule has 2 aromatic rings. The Labute approximate surface area is 164 Å². The van der Waals surface area contributed by atoms with Gasteiger partial charge >= 0.3 is 0 Å². The van der Waals surface area contributed by atoms with Crippen LogP contribution in [-0.4, -0.2) is 17.4 Å². The second-order valence-corrected chi connectivity index (χ2v) is 8.83. The number of hydrogen-bond acceptors (Lipinski definition) is 3. The lowest BCUT2D eigenvalue weighted by Crippen LogP contribution is -2.44. The minimum atomic E-state index is -0.274. The van der Waals surface area contributed by atoms with Gasteiger partial charge in [0.1, 0.15) is 0 Å². The van der Waals surface area contributed by atoms with Gasteiger partial charge in [-0.25, -0.2) is 0 Å². The first-order valence-electron chi connectivity index (χ1n) is 9.84. The standard InChI is InChI=1S/C22H26N2O2S/c25-20(23-19-9-3-6-16-5-1-2-8-18(16)19)10-12-22(13-11-21(26)24-22)15-17-7-4-14-27-17/h1-2,4-5,7-8,14,19H,3,6,9-13,15H2,(H,23,25)(H,24,26). The summed E-state index contributed by atoms with van der Waals surface area (Å²) < 4.78 is 0. The third-order valence-electron chi connectivity index (χ3n) is 5.86. The van der Waals surface area contributed by atoms with Crippen molar-refractivity contribution >= 4 is 23.2 Å². The van der Waals surface area contributed by atoms with Gasteiger partial charge in [-0.15, -0.1) is 11.3 Å². The molecule has 1 fully saturated rings. The Morgan fingerprint density at radius 3 is 2.89 bits per heavy atom. The molecule has 27 heavy (non-hydrogen) atoms. The molecule has 1 aliphatic carbocycles. The van der Waals surface area contributed by atoms with Crippen LogP contribution >= 0.6 is 11.3 Å². The van der Waals surface area contributed by atoms with Gasteiger partial charge < -0.3 is 10.6 Å². The maximum atomic E-state index is 12.7. The number of amides is 2. The number of carbonyl (C=O) groups is 2. The number of aryl methyl sites for hydroxylation is 1. The number of hydrogen-bond donors (Lipinski definition) is 2. The Kier molecular flexibility index (Phi) is 5.30. The molecule has 2 amide bonds. The van der Waals surface area contributed by atoms with E-state index in [2.05, 4.69) is 40.3 Å². The molecule has 142 valence electrons. The van der Waals surface area contributed by atoms with Crippen LogP contribution in [0.4, 0.5) is 0 Å². The summed E-state index contributed by atoms with van der Waals surface area (Å²) in [6, 6.07) is 12.7. The van der Waals surface area contributed by atoms with Crippen LogP contribution in [0.3, 0.4) is 0 Å². The summed E-state index contributed by atoms with van der Waals surface area (Å²) in [7, 11) is 0. The lowest BCUT2D eigenvalue weighted by molar-refractivity contribution is -0.123. The highest BCUT2D eigenvalue weighted by Crippen LogP contribution is 2.32. The van der Waals surface area contributed by atoms with E-state index in [1.54, 1.807) is 11.3 Å². The van der Waals surface area contributed by atoms with Crippen LogP contribution < -0.4 is 10.6 Å². The molecule has 0 bridgehead atoms. The molecule has 1 aromatic heterocycles. The molecular weight excluding hydrogens is 356 g/mol. The maximum absolute atomic E-state index is 12.7. The molecule has 2 heterocycles. The van der Waals surface area contributed by atoms with Crippen molar-refractivity contribution in [2.75, 3.05) is 0 Å². The van der Waals surface area contributed by atoms with Crippen molar-refractivity contribution in [1.82, 2.24) is 10.6 Å². The summed E-state index contributed by atoms with van der Waals surface area (Å²) in [6.07, 6.45) is 6.53. The minimum Gasteiger partial charge on any atom is -0.350 e. The molecule has 2 N–H and O–H groups in total. The van der Waals surface area contributed by atoms with Crippen LogP contribution in [0.15, 0.2) is 41.8 Å². The SMILES string of the molecule is O=C(CCC1(Cc2cccs2)CCC(=O)N1)NC1CCCc2ccccc21. The molecule has 4 nitrogen and oxygen atoms in total. The molecular formula is C22H26N2O2S. The van der Waals surface area contributed by atoms with Gasteiger partial charge in [0.2, 0.25) is 11.8 Å². The van der Waals surface area contributed by atoms with E-state index in [0.717, 1.165) is 32.1 Å². The van der Waals surface area contributed by atoms with Crippen LogP contribution in [0, 0.1) is 0 Å². The van der Waals surface area contributed by atoms with E-state index in [0.29, 0.717) is 19.3 Å². The summed E-state index contributed by atoms with van der Waals surface area (Å²) >= 11 is 1.71. The Morgan fingerprint density at radius 1 is 1.22 bits per heavy atom. The number of carbonyl (C=O) groups excluding carboxylic acids is 2. The monoisotopic (exact) mass is 382 g/mol. The van der Waals surface area contributed by atoms with E-state index < -0.39 is 0 Å². The number of thiophene rings is 1. The van der Waals surface area contributed by atoms with Gasteiger partial charge in [-0.2, -0.15) is 0 Å². The Balaban J connectivity index is 1.38. The number of rotatable bonds is 6.